The largest absolute Gasteiger partial charge is 0.472 e. The van der Waals surface area contributed by atoms with E-state index in [1.165, 1.54) is 161 Å². The maximum Gasteiger partial charge on any atom is 0.472 e. The Balaban J connectivity index is 4.36. The smallest absolute Gasteiger partial charge is 0.387 e. The monoisotopic (exact) mass is 894 g/mol. The molecule has 0 aromatic carbocycles. The summed E-state index contributed by atoms with van der Waals surface area (Å²) in [6.45, 7) is 4.78. The first-order chi connectivity index (χ1) is 30.0. The van der Waals surface area contributed by atoms with Gasteiger partial charge < -0.3 is 19.8 Å². The maximum atomic E-state index is 12.9. The lowest BCUT2D eigenvalue weighted by molar-refractivity contribution is -0.870. The summed E-state index contributed by atoms with van der Waals surface area (Å²) < 4.78 is 23.6. The number of aliphatic hydroxyl groups is 1. The summed E-state index contributed by atoms with van der Waals surface area (Å²) in [5.41, 5.74) is 0. The minimum absolute atomic E-state index is 0.0535. The van der Waals surface area contributed by atoms with Gasteiger partial charge >= 0.3 is 7.82 Å². The van der Waals surface area contributed by atoms with Crippen molar-refractivity contribution in [3.8, 4) is 0 Å². The predicted octanol–water partition coefficient (Wildman–Crippen LogP) is 15.2. The zero-order chi connectivity index (χ0) is 45.7. The number of nitrogens with zero attached hydrogens (tertiary/aromatic N) is 1. The number of amides is 1. The molecule has 3 N–H and O–H groups in total. The molecular formula is C53H102N2O6P+. The second-order valence-electron chi connectivity index (χ2n) is 18.9. The number of hydrogen-bond donors (Lipinski definition) is 3. The minimum Gasteiger partial charge on any atom is -0.387 e. The zero-order valence-electron chi connectivity index (χ0n) is 41.4. The first kappa shape index (κ1) is 60.5. The Labute approximate surface area is 384 Å². The lowest BCUT2D eigenvalue weighted by Gasteiger charge is -2.25. The number of carbonyl (C=O) groups excluding carboxylic acids is 1. The average Bonchev–Trinajstić information content (AvgIpc) is 3.23. The molecule has 0 aliphatic heterocycles. The molecule has 0 radical (unpaired) electrons. The van der Waals surface area contributed by atoms with Crippen LogP contribution < -0.4 is 5.32 Å². The summed E-state index contributed by atoms with van der Waals surface area (Å²) in [4.78, 5) is 23.2. The topological polar surface area (TPSA) is 105 Å². The van der Waals surface area contributed by atoms with Gasteiger partial charge in [-0.05, 0) is 64.2 Å². The Morgan fingerprint density at radius 2 is 0.935 bits per heavy atom. The van der Waals surface area contributed by atoms with E-state index in [2.05, 4.69) is 55.6 Å². The number of likely N-dealkylation sites (N-methyl/N-ethyl adjacent to an activating group) is 1. The molecular weight excluding hydrogens is 792 g/mol. The van der Waals surface area contributed by atoms with Crippen molar-refractivity contribution in [3.05, 3.63) is 48.6 Å². The number of carbonyl (C=O) groups is 1. The number of allylic oxidation sites excluding steroid dienone is 7. The summed E-state index contributed by atoms with van der Waals surface area (Å²) in [7, 11) is 1.55. The van der Waals surface area contributed by atoms with Gasteiger partial charge in [-0.2, -0.15) is 0 Å². The molecule has 9 heteroatoms. The van der Waals surface area contributed by atoms with Crippen LogP contribution in [-0.2, 0) is 18.4 Å². The molecule has 0 bridgehead atoms. The van der Waals surface area contributed by atoms with Gasteiger partial charge in [-0.3, -0.25) is 13.8 Å². The highest BCUT2D eigenvalue weighted by atomic mass is 31.2. The molecule has 0 heterocycles. The van der Waals surface area contributed by atoms with Crippen molar-refractivity contribution in [1.29, 1.82) is 0 Å². The van der Waals surface area contributed by atoms with Gasteiger partial charge in [-0.25, -0.2) is 4.57 Å². The summed E-state index contributed by atoms with van der Waals surface area (Å²) in [6.07, 6.45) is 57.7. The number of aliphatic hydroxyl groups excluding tert-OH is 1. The fourth-order valence-corrected chi connectivity index (χ4v) is 8.12. The van der Waals surface area contributed by atoms with Crippen LogP contribution in [0.1, 0.15) is 232 Å². The molecule has 8 nitrogen and oxygen atoms in total. The average molecular weight is 894 g/mol. The molecule has 0 aromatic heterocycles. The summed E-state index contributed by atoms with van der Waals surface area (Å²) >= 11 is 0. The van der Waals surface area contributed by atoms with Gasteiger partial charge in [0.05, 0.1) is 39.9 Å². The molecule has 62 heavy (non-hydrogen) atoms. The standard InChI is InChI=1S/C53H101N2O6P/c1-6-8-10-12-14-16-18-20-22-24-26-27-28-29-30-32-34-36-38-40-42-44-46-52(56)51(50-61-62(58,59)60-49-48-55(3,4)5)54-53(57)47-45-43-41-39-37-35-33-31-25-23-21-19-17-15-13-11-9-7-2/h17,19,23,25,36,38,44,46,51-52,56H,6-16,18,20-22,24,26-35,37,39-43,45,47-50H2,1-5H3,(H-,54,57,58,59)/p+1/b19-17-,25-23-,38-36+,46-44+. The van der Waals surface area contributed by atoms with Crippen LogP contribution in [-0.4, -0.2) is 73.4 Å². The zero-order valence-corrected chi connectivity index (χ0v) is 42.3. The highest BCUT2D eigenvalue weighted by Crippen LogP contribution is 2.43. The van der Waals surface area contributed by atoms with Gasteiger partial charge in [0.2, 0.25) is 5.91 Å². The van der Waals surface area contributed by atoms with Crippen molar-refractivity contribution in [3.63, 3.8) is 0 Å². The van der Waals surface area contributed by atoms with E-state index in [0.717, 1.165) is 51.4 Å². The van der Waals surface area contributed by atoms with E-state index < -0.39 is 20.0 Å². The quantitative estimate of drug-likeness (QED) is 0.0243. The Morgan fingerprint density at radius 3 is 1.40 bits per heavy atom. The minimum atomic E-state index is -4.35. The SMILES string of the molecule is CCCCCC/C=C\C/C=C\CCCCCCCCCC(=O)NC(COP(=O)(O)OCC[N+](C)(C)C)C(O)/C=C/CC/C=C/CCCCCCCCCCCCCCCCCC. The van der Waals surface area contributed by atoms with Crippen molar-refractivity contribution in [2.24, 2.45) is 0 Å². The Kier molecular flexibility index (Phi) is 43.5. The summed E-state index contributed by atoms with van der Waals surface area (Å²) in [5.74, 6) is -0.195. The molecule has 1 amide bonds. The van der Waals surface area contributed by atoms with E-state index in [1.807, 2.05) is 27.2 Å². The van der Waals surface area contributed by atoms with Gasteiger partial charge in [0.25, 0.3) is 0 Å². The van der Waals surface area contributed by atoms with Crippen LogP contribution in [0.5, 0.6) is 0 Å². The van der Waals surface area contributed by atoms with Crippen molar-refractivity contribution < 1.29 is 32.9 Å². The van der Waals surface area contributed by atoms with Gasteiger partial charge in [0.1, 0.15) is 13.2 Å². The van der Waals surface area contributed by atoms with Crippen LogP contribution in [0.25, 0.3) is 0 Å². The first-order valence-corrected chi connectivity index (χ1v) is 27.5. The molecule has 0 spiro atoms. The number of hydrogen-bond acceptors (Lipinski definition) is 5. The molecule has 0 aliphatic rings. The van der Waals surface area contributed by atoms with Crippen molar-refractivity contribution in [2.45, 2.75) is 244 Å². The molecule has 0 saturated carbocycles. The van der Waals surface area contributed by atoms with E-state index >= 15 is 0 Å². The summed E-state index contributed by atoms with van der Waals surface area (Å²) in [6, 6.07) is -0.868. The highest BCUT2D eigenvalue weighted by Gasteiger charge is 2.27. The first-order valence-electron chi connectivity index (χ1n) is 26.0. The van der Waals surface area contributed by atoms with Crippen LogP contribution in [0.2, 0.25) is 0 Å². The molecule has 3 atom stereocenters. The third-order valence-electron chi connectivity index (χ3n) is 11.5. The fourth-order valence-electron chi connectivity index (χ4n) is 7.38. The van der Waals surface area contributed by atoms with Gasteiger partial charge in [-0.1, -0.05) is 210 Å². The Bertz CT molecular complexity index is 1150. The number of quaternary nitrogens is 1. The van der Waals surface area contributed by atoms with Crippen LogP contribution in [0, 0.1) is 0 Å². The van der Waals surface area contributed by atoms with Crippen LogP contribution in [0.15, 0.2) is 48.6 Å². The van der Waals surface area contributed by atoms with Crippen molar-refractivity contribution in [2.75, 3.05) is 40.9 Å². The van der Waals surface area contributed by atoms with E-state index in [9.17, 15) is 19.4 Å². The molecule has 0 aromatic rings. The van der Waals surface area contributed by atoms with Gasteiger partial charge in [0.15, 0.2) is 0 Å². The second-order valence-corrected chi connectivity index (χ2v) is 20.3. The van der Waals surface area contributed by atoms with Crippen LogP contribution in [0.4, 0.5) is 0 Å². The van der Waals surface area contributed by atoms with Crippen molar-refractivity contribution >= 4 is 13.7 Å². The molecule has 3 unspecified atom stereocenters. The van der Waals surface area contributed by atoms with Gasteiger partial charge in [-0.15, -0.1) is 0 Å². The number of phosphoric acid groups is 1. The summed E-state index contributed by atoms with van der Waals surface area (Å²) in [5, 5.41) is 13.9. The van der Waals surface area contributed by atoms with Crippen LogP contribution in [0.3, 0.4) is 0 Å². The van der Waals surface area contributed by atoms with Crippen molar-refractivity contribution in [1.82, 2.24) is 5.32 Å². The van der Waals surface area contributed by atoms with E-state index in [0.29, 0.717) is 17.4 Å². The van der Waals surface area contributed by atoms with E-state index in [-0.39, 0.29) is 19.1 Å². The molecule has 0 fully saturated rings. The van der Waals surface area contributed by atoms with Crippen LogP contribution >= 0.6 is 7.82 Å². The Morgan fingerprint density at radius 1 is 0.548 bits per heavy atom. The third-order valence-corrected chi connectivity index (χ3v) is 12.5. The fraction of sp³-hybridized carbons (Fsp3) is 0.830. The number of nitrogens with one attached hydrogen (secondary N) is 1. The molecule has 364 valence electrons. The normalized spacial score (nSPS) is 14.5. The van der Waals surface area contributed by atoms with E-state index in [1.54, 1.807) is 6.08 Å². The predicted molar refractivity (Wildman–Crippen MR) is 267 cm³/mol. The molecule has 0 saturated heterocycles. The Hall–Kier alpha value is -1.54. The molecule has 0 aliphatic carbocycles. The maximum absolute atomic E-state index is 12.9. The number of rotatable bonds is 47. The second kappa shape index (κ2) is 44.7. The molecule has 0 rings (SSSR count). The van der Waals surface area contributed by atoms with E-state index in [4.69, 9.17) is 9.05 Å². The number of unbranched alkanes of at least 4 members (excludes halogenated alkanes) is 28. The highest BCUT2D eigenvalue weighted by molar-refractivity contribution is 7.47. The third kappa shape index (κ3) is 46.5. The lowest BCUT2D eigenvalue weighted by atomic mass is 10.0. The van der Waals surface area contributed by atoms with Gasteiger partial charge in [0, 0.05) is 6.42 Å². The lowest BCUT2D eigenvalue weighted by Crippen LogP contribution is -2.45. The number of phosphoric ester groups is 1.